The van der Waals surface area contributed by atoms with Crippen LogP contribution in [0.2, 0.25) is 0 Å². The van der Waals surface area contributed by atoms with E-state index in [1.807, 2.05) is 0 Å². The highest BCUT2D eigenvalue weighted by Crippen LogP contribution is 2.33. The number of halogens is 2. The molecule has 0 saturated carbocycles. The Bertz CT molecular complexity index is 651. The summed E-state index contributed by atoms with van der Waals surface area (Å²) < 4.78 is 28.7. The molecule has 2 saturated heterocycles. The SMILES string of the molecule is O=CNC1CN(c2cc(F)c(C3CCC(=O)NC3=O)c(F)c2)C1. The predicted molar refractivity (Wildman–Crippen MR) is 76.7 cm³/mol. The van der Waals surface area contributed by atoms with Crippen molar-refractivity contribution in [1.82, 2.24) is 10.6 Å². The van der Waals surface area contributed by atoms with Crippen LogP contribution >= 0.6 is 0 Å². The minimum Gasteiger partial charge on any atom is -0.367 e. The van der Waals surface area contributed by atoms with E-state index < -0.39 is 29.4 Å². The molecule has 2 aliphatic rings. The van der Waals surface area contributed by atoms with Crippen LogP contribution in [0.1, 0.15) is 24.3 Å². The number of piperidine rings is 1. The van der Waals surface area contributed by atoms with Crippen LogP contribution in [0.4, 0.5) is 14.5 Å². The van der Waals surface area contributed by atoms with Gasteiger partial charge in [0.1, 0.15) is 11.6 Å². The first-order chi connectivity index (χ1) is 11.0. The first kappa shape index (κ1) is 15.4. The lowest BCUT2D eigenvalue weighted by atomic mass is 9.89. The van der Waals surface area contributed by atoms with Crippen LogP contribution in [0.25, 0.3) is 0 Å². The van der Waals surface area contributed by atoms with Gasteiger partial charge in [0, 0.05) is 30.8 Å². The molecule has 0 spiro atoms. The minimum atomic E-state index is -0.998. The van der Waals surface area contributed by atoms with Crippen LogP contribution in [-0.2, 0) is 14.4 Å². The van der Waals surface area contributed by atoms with Crippen LogP contribution in [0, 0.1) is 11.6 Å². The third-order valence-corrected chi connectivity index (χ3v) is 4.20. The maximum atomic E-state index is 14.3. The highest BCUT2D eigenvalue weighted by molar-refractivity contribution is 6.01. The van der Waals surface area contributed by atoms with Crippen molar-refractivity contribution >= 4 is 23.9 Å². The highest BCUT2D eigenvalue weighted by Gasteiger charge is 2.34. The lowest BCUT2D eigenvalue weighted by Gasteiger charge is -2.40. The zero-order valence-corrected chi connectivity index (χ0v) is 12.1. The van der Waals surface area contributed by atoms with Gasteiger partial charge >= 0.3 is 0 Å². The number of anilines is 1. The number of hydrogen-bond acceptors (Lipinski definition) is 4. The minimum absolute atomic E-state index is 0.0339. The molecule has 1 unspecified atom stereocenters. The van der Waals surface area contributed by atoms with Crippen LogP contribution in [0.5, 0.6) is 0 Å². The van der Waals surface area contributed by atoms with Gasteiger partial charge in [-0.25, -0.2) is 8.78 Å². The molecular formula is C15H15F2N3O3. The molecular weight excluding hydrogens is 308 g/mol. The van der Waals surface area contributed by atoms with Gasteiger partial charge < -0.3 is 10.2 Å². The molecule has 122 valence electrons. The number of amides is 3. The molecule has 8 heteroatoms. The summed E-state index contributed by atoms with van der Waals surface area (Å²) in [5.74, 6) is -3.71. The van der Waals surface area contributed by atoms with E-state index in [4.69, 9.17) is 0 Å². The topological polar surface area (TPSA) is 78.5 Å². The molecule has 1 aromatic rings. The average Bonchev–Trinajstić information content (AvgIpc) is 2.43. The lowest BCUT2D eigenvalue weighted by Crippen LogP contribution is -2.57. The Balaban J connectivity index is 1.80. The standard InChI is InChI=1S/C15H15F2N3O3/c16-11-3-9(20-5-8(6-20)18-7-21)4-12(17)14(11)10-1-2-13(22)19-15(10)23/h3-4,7-8,10H,1-2,5-6H2,(H,18,21)(H,19,22,23). The van der Waals surface area contributed by atoms with Crippen LogP contribution in [-0.4, -0.2) is 37.4 Å². The van der Waals surface area contributed by atoms with Gasteiger partial charge in [0.05, 0.1) is 12.0 Å². The second kappa shape index (κ2) is 5.94. The van der Waals surface area contributed by atoms with Crippen molar-refractivity contribution in [3.8, 4) is 0 Å². The van der Waals surface area contributed by atoms with Crippen molar-refractivity contribution in [1.29, 1.82) is 0 Å². The Labute approximate surface area is 130 Å². The summed E-state index contributed by atoms with van der Waals surface area (Å²) >= 11 is 0. The number of nitrogens with one attached hydrogen (secondary N) is 2. The van der Waals surface area contributed by atoms with Gasteiger partial charge in [-0.1, -0.05) is 0 Å². The van der Waals surface area contributed by atoms with Crippen molar-refractivity contribution in [3.05, 3.63) is 29.3 Å². The van der Waals surface area contributed by atoms with Gasteiger partial charge in [-0.2, -0.15) is 0 Å². The normalized spacial score (nSPS) is 21.7. The largest absolute Gasteiger partial charge is 0.367 e. The van der Waals surface area contributed by atoms with Crippen molar-refractivity contribution in [2.75, 3.05) is 18.0 Å². The average molecular weight is 323 g/mol. The predicted octanol–water partition coefficient (Wildman–Crippen LogP) is 0.420. The Morgan fingerprint density at radius 3 is 2.43 bits per heavy atom. The van der Waals surface area contributed by atoms with E-state index >= 15 is 0 Å². The van der Waals surface area contributed by atoms with E-state index in [0.29, 0.717) is 25.2 Å². The van der Waals surface area contributed by atoms with Crippen LogP contribution < -0.4 is 15.5 Å². The van der Waals surface area contributed by atoms with Gasteiger partial charge in [-0.05, 0) is 18.6 Å². The number of nitrogens with zero attached hydrogens (tertiary/aromatic N) is 1. The Morgan fingerprint density at radius 1 is 1.22 bits per heavy atom. The lowest BCUT2D eigenvalue weighted by molar-refractivity contribution is -0.134. The molecule has 3 rings (SSSR count). The molecule has 23 heavy (non-hydrogen) atoms. The van der Waals surface area contributed by atoms with E-state index in [2.05, 4.69) is 10.6 Å². The molecule has 6 nitrogen and oxygen atoms in total. The molecule has 2 fully saturated rings. The Kier molecular flexibility index (Phi) is 3.97. The number of rotatable bonds is 4. The first-order valence-corrected chi connectivity index (χ1v) is 7.27. The van der Waals surface area contributed by atoms with Crippen molar-refractivity contribution < 1.29 is 23.2 Å². The third kappa shape index (κ3) is 2.88. The Morgan fingerprint density at radius 2 is 1.87 bits per heavy atom. The maximum absolute atomic E-state index is 14.3. The quantitative estimate of drug-likeness (QED) is 0.622. The molecule has 0 aliphatic carbocycles. The molecule has 1 atom stereocenters. The van der Waals surface area contributed by atoms with Gasteiger partial charge in [0.2, 0.25) is 18.2 Å². The van der Waals surface area contributed by atoms with Crippen molar-refractivity contribution in [3.63, 3.8) is 0 Å². The Hall–Kier alpha value is -2.51. The molecule has 0 bridgehead atoms. The van der Waals surface area contributed by atoms with E-state index in [1.165, 1.54) is 12.1 Å². The highest BCUT2D eigenvalue weighted by atomic mass is 19.1. The number of benzene rings is 1. The summed E-state index contributed by atoms with van der Waals surface area (Å²) in [7, 11) is 0. The third-order valence-electron chi connectivity index (χ3n) is 4.20. The first-order valence-electron chi connectivity index (χ1n) is 7.27. The summed E-state index contributed by atoms with van der Waals surface area (Å²) in [6.07, 6.45) is 0.740. The maximum Gasteiger partial charge on any atom is 0.234 e. The van der Waals surface area contributed by atoms with E-state index in [1.54, 1.807) is 4.90 Å². The van der Waals surface area contributed by atoms with Crippen molar-refractivity contribution in [2.24, 2.45) is 0 Å². The summed E-state index contributed by atoms with van der Waals surface area (Å²) in [5.41, 5.74) is 0.0573. The molecule has 2 heterocycles. The number of hydrogen-bond donors (Lipinski definition) is 2. The van der Waals surface area contributed by atoms with Crippen molar-refractivity contribution in [2.45, 2.75) is 24.8 Å². The summed E-state index contributed by atoms with van der Waals surface area (Å²) in [5, 5.41) is 4.69. The summed E-state index contributed by atoms with van der Waals surface area (Å²) in [6.45, 7) is 0.935. The molecule has 0 aromatic heterocycles. The molecule has 2 N–H and O–H groups in total. The van der Waals surface area contributed by atoms with E-state index in [-0.39, 0.29) is 24.4 Å². The number of carbonyl (C=O) groups excluding carboxylic acids is 3. The molecule has 1 aromatic carbocycles. The number of imide groups is 1. The van der Waals surface area contributed by atoms with Gasteiger partial charge in [-0.3, -0.25) is 19.7 Å². The summed E-state index contributed by atoms with van der Waals surface area (Å²) in [6, 6.07) is 2.33. The van der Waals surface area contributed by atoms with Gasteiger partial charge in [0.15, 0.2) is 0 Å². The fourth-order valence-corrected chi connectivity index (χ4v) is 2.95. The van der Waals surface area contributed by atoms with E-state index in [0.717, 1.165) is 0 Å². The van der Waals surface area contributed by atoms with Gasteiger partial charge in [-0.15, -0.1) is 0 Å². The summed E-state index contributed by atoms with van der Waals surface area (Å²) in [4.78, 5) is 35.0. The molecule has 3 amide bonds. The fourth-order valence-electron chi connectivity index (χ4n) is 2.95. The smallest absolute Gasteiger partial charge is 0.234 e. The monoisotopic (exact) mass is 323 g/mol. The van der Waals surface area contributed by atoms with E-state index in [9.17, 15) is 23.2 Å². The number of carbonyl (C=O) groups is 3. The second-order valence-electron chi connectivity index (χ2n) is 5.71. The zero-order valence-electron chi connectivity index (χ0n) is 12.1. The zero-order chi connectivity index (χ0) is 16.6. The van der Waals surface area contributed by atoms with Gasteiger partial charge in [0.25, 0.3) is 0 Å². The molecule has 2 aliphatic heterocycles. The molecule has 0 radical (unpaired) electrons. The van der Waals surface area contributed by atoms with Crippen LogP contribution in [0.15, 0.2) is 12.1 Å². The fraction of sp³-hybridized carbons (Fsp3) is 0.400. The second-order valence-corrected chi connectivity index (χ2v) is 5.71. The van der Waals surface area contributed by atoms with Crippen LogP contribution in [0.3, 0.4) is 0 Å².